The van der Waals surface area contributed by atoms with Crippen LogP contribution < -0.4 is 5.32 Å². The molecule has 0 unspecified atom stereocenters. The van der Waals surface area contributed by atoms with Crippen molar-refractivity contribution in [3.05, 3.63) is 54.6 Å². The Morgan fingerprint density at radius 3 is 2.50 bits per heavy atom. The van der Waals surface area contributed by atoms with Crippen LogP contribution in [0.1, 0.15) is 19.8 Å². The molecule has 0 aliphatic carbocycles. The molecule has 6 heteroatoms. The molecule has 24 heavy (non-hydrogen) atoms. The molecule has 1 aromatic carbocycles. The third-order valence-electron chi connectivity index (χ3n) is 4.07. The second-order valence-electron chi connectivity index (χ2n) is 5.79. The molecule has 0 atom stereocenters. The summed E-state index contributed by atoms with van der Waals surface area (Å²) in [5.74, 6) is 0.193. The van der Waals surface area contributed by atoms with E-state index in [1.165, 1.54) is 10.4 Å². The number of piperidine rings is 1. The first kappa shape index (κ1) is 18.4. The Kier molecular flexibility index (Phi) is 6.75. The molecule has 130 valence electrons. The molecule has 1 aliphatic rings. The minimum absolute atomic E-state index is 0.118. The summed E-state index contributed by atoms with van der Waals surface area (Å²) in [6.45, 7) is 3.45. The highest BCUT2D eigenvalue weighted by Crippen LogP contribution is 2.23. The highest BCUT2D eigenvalue weighted by Gasteiger charge is 2.29. The van der Waals surface area contributed by atoms with Crippen molar-refractivity contribution in [3.63, 3.8) is 0 Å². The third kappa shape index (κ3) is 5.04. The van der Waals surface area contributed by atoms with Crippen molar-refractivity contribution in [1.29, 1.82) is 0 Å². The summed E-state index contributed by atoms with van der Waals surface area (Å²) in [6, 6.07) is 8.52. The highest BCUT2D eigenvalue weighted by molar-refractivity contribution is 7.89. The van der Waals surface area contributed by atoms with Crippen molar-refractivity contribution in [2.24, 2.45) is 5.92 Å². The van der Waals surface area contributed by atoms with Crippen LogP contribution in [0.5, 0.6) is 0 Å². The van der Waals surface area contributed by atoms with Gasteiger partial charge in [0.05, 0.1) is 4.90 Å². The van der Waals surface area contributed by atoms with E-state index in [0.717, 1.165) is 12.8 Å². The van der Waals surface area contributed by atoms with E-state index in [0.29, 0.717) is 30.4 Å². The van der Waals surface area contributed by atoms with Crippen LogP contribution in [0.3, 0.4) is 0 Å². The molecule has 1 fully saturated rings. The van der Waals surface area contributed by atoms with Gasteiger partial charge in [-0.05, 0) is 37.8 Å². The van der Waals surface area contributed by atoms with Crippen molar-refractivity contribution in [1.82, 2.24) is 9.62 Å². The molecule has 2 rings (SSSR count). The van der Waals surface area contributed by atoms with Gasteiger partial charge in [0, 0.05) is 25.7 Å². The lowest BCUT2D eigenvalue weighted by molar-refractivity contribution is -0.116. The number of nitrogens with zero attached hydrogens (tertiary/aromatic N) is 1. The minimum atomic E-state index is -3.40. The van der Waals surface area contributed by atoms with Crippen LogP contribution in [0.25, 0.3) is 0 Å². The van der Waals surface area contributed by atoms with Crippen molar-refractivity contribution in [2.45, 2.75) is 24.7 Å². The van der Waals surface area contributed by atoms with Gasteiger partial charge in [0.1, 0.15) is 0 Å². The Bertz CT molecular complexity index is 688. The fraction of sp³-hybridized carbons (Fsp3) is 0.389. The average molecular weight is 348 g/mol. The lowest BCUT2D eigenvalue weighted by atomic mass is 9.98. The molecular formula is C18H24N2O3S. The van der Waals surface area contributed by atoms with E-state index in [1.807, 2.05) is 13.0 Å². The number of nitrogens with one attached hydrogen (secondary N) is 1. The summed E-state index contributed by atoms with van der Waals surface area (Å²) < 4.78 is 26.6. The van der Waals surface area contributed by atoms with Crippen molar-refractivity contribution < 1.29 is 13.2 Å². The van der Waals surface area contributed by atoms with Gasteiger partial charge in [-0.3, -0.25) is 4.79 Å². The molecule has 1 aliphatic heterocycles. The second kappa shape index (κ2) is 8.80. The smallest absolute Gasteiger partial charge is 0.243 e. The first-order chi connectivity index (χ1) is 11.5. The summed E-state index contributed by atoms with van der Waals surface area (Å²) in [5.41, 5.74) is 0. The molecule has 1 heterocycles. The Morgan fingerprint density at radius 2 is 1.88 bits per heavy atom. The normalized spacial score (nSPS) is 17.5. The third-order valence-corrected chi connectivity index (χ3v) is 5.98. The molecule has 1 aromatic rings. The largest absolute Gasteiger partial charge is 0.352 e. The maximum Gasteiger partial charge on any atom is 0.243 e. The molecule has 0 aromatic heterocycles. The SMILES string of the molecule is C/C=C/C=C\C(=O)NCC1CCN(S(=O)(=O)c2ccccc2)CC1. The number of allylic oxidation sites excluding steroid dienone is 3. The number of carbonyl (C=O) groups is 1. The Balaban J connectivity index is 1.82. The number of carbonyl (C=O) groups excluding carboxylic acids is 1. The van der Waals surface area contributed by atoms with E-state index in [4.69, 9.17) is 0 Å². The van der Waals surface area contributed by atoms with E-state index in [1.54, 1.807) is 42.5 Å². The summed E-state index contributed by atoms with van der Waals surface area (Å²) in [6.07, 6.45) is 8.36. The first-order valence-corrected chi connectivity index (χ1v) is 9.60. The van der Waals surface area contributed by atoms with Crippen LogP contribution >= 0.6 is 0 Å². The molecule has 0 spiro atoms. The van der Waals surface area contributed by atoms with Crippen LogP contribution in [0.15, 0.2) is 59.5 Å². The fourth-order valence-electron chi connectivity index (χ4n) is 2.65. The van der Waals surface area contributed by atoms with E-state index >= 15 is 0 Å². The number of hydrogen-bond donors (Lipinski definition) is 1. The van der Waals surface area contributed by atoms with Gasteiger partial charge in [-0.2, -0.15) is 4.31 Å². The molecule has 1 N–H and O–H groups in total. The van der Waals surface area contributed by atoms with E-state index < -0.39 is 10.0 Å². The number of hydrogen-bond acceptors (Lipinski definition) is 3. The number of benzene rings is 1. The van der Waals surface area contributed by atoms with Gasteiger partial charge in [-0.15, -0.1) is 0 Å². The van der Waals surface area contributed by atoms with Crippen LogP contribution in [-0.4, -0.2) is 38.3 Å². The number of rotatable bonds is 6. The zero-order chi connectivity index (χ0) is 17.4. The van der Waals surface area contributed by atoms with Gasteiger partial charge in [0.2, 0.25) is 15.9 Å². The lowest BCUT2D eigenvalue weighted by Gasteiger charge is -2.31. The van der Waals surface area contributed by atoms with Gasteiger partial charge in [-0.25, -0.2) is 8.42 Å². The van der Waals surface area contributed by atoms with E-state index in [9.17, 15) is 13.2 Å². The van der Waals surface area contributed by atoms with Gasteiger partial charge in [0.15, 0.2) is 0 Å². The van der Waals surface area contributed by atoms with Gasteiger partial charge in [-0.1, -0.05) is 36.4 Å². The van der Waals surface area contributed by atoms with Crippen LogP contribution in [0.2, 0.25) is 0 Å². The monoisotopic (exact) mass is 348 g/mol. The minimum Gasteiger partial charge on any atom is -0.352 e. The summed E-state index contributed by atoms with van der Waals surface area (Å²) in [7, 11) is -3.40. The van der Waals surface area contributed by atoms with Gasteiger partial charge in [0.25, 0.3) is 0 Å². The molecule has 5 nitrogen and oxygen atoms in total. The molecule has 1 amide bonds. The Labute approximate surface area is 144 Å². The fourth-order valence-corrected chi connectivity index (χ4v) is 4.14. The maximum absolute atomic E-state index is 12.5. The zero-order valence-corrected chi connectivity index (χ0v) is 14.7. The quantitative estimate of drug-likeness (QED) is 0.634. The van der Waals surface area contributed by atoms with Gasteiger partial charge < -0.3 is 5.32 Å². The maximum atomic E-state index is 12.5. The number of amides is 1. The molecule has 0 bridgehead atoms. The molecular weight excluding hydrogens is 324 g/mol. The van der Waals surface area contributed by atoms with Crippen LogP contribution in [-0.2, 0) is 14.8 Å². The number of sulfonamides is 1. The summed E-state index contributed by atoms with van der Waals surface area (Å²) in [4.78, 5) is 12.0. The standard InChI is InChI=1S/C18H24N2O3S/c1-2-3-5-10-18(21)19-15-16-11-13-20(14-12-16)24(22,23)17-8-6-4-7-9-17/h2-10,16H,11-15H2,1H3,(H,19,21)/b3-2+,10-5-. The molecule has 1 saturated heterocycles. The summed E-state index contributed by atoms with van der Waals surface area (Å²) >= 11 is 0. The molecule has 0 saturated carbocycles. The Hall–Kier alpha value is -1.92. The topological polar surface area (TPSA) is 66.5 Å². The van der Waals surface area contributed by atoms with Crippen molar-refractivity contribution in [2.75, 3.05) is 19.6 Å². The van der Waals surface area contributed by atoms with E-state index in [2.05, 4.69) is 5.32 Å². The van der Waals surface area contributed by atoms with Gasteiger partial charge >= 0.3 is 0 Å². The lowest BCUT2D eigenvalue weighted by Crippen LogP contribution is -2.41. The van der Waals surface area contributed by atoms with Crippen LogP contribution in [0, 0.1) is 5.92 Å². The predicted molar refractivity (Wildman–Crippen MR) is 94.9 cm³/mol. The molecule has 0 radical (unpaired) electrons. The highest BCUT2D eigenvalue weighted by atomic mass is 32.2. The Morgan fingerprint density at radius 1 is 1.21 bits per heavy atom. The zero-order valence-electron chi connectivity index (χ0n) is 13.9. The van der Waals surface area contributed by atoms with Crippen LogP contribution in [0.4, 0.5) is 0 Å². The van der Waals surface area contributed by atoms with Crippen molar-refractivity contribution in [3.8, 4) is 0 Å². The summed E-state index contributed by atoms with van der Waals surface area (Å²) in [5, 5.41) is 2.87. The second-order valence-corrected chi connectivity index (χ2v) is 7.73. The van der Waals surface area contributed by atoms with Crippen molar-refractivity contribution >= 4 is 15.9 Å². The van der Waals surface area contributed by atoms with E-state index in [-0.39, 0.29) is 5.91 Å². The average Bonchev–Trinajstić information content (AvgIpc) is 2.61. The predicted octanol–water partition coefficient (Wildman–Crippen LogP) is 2.34. The first-order valence-electron chi connectivity index (χ1n) is 8.16.